The molecule has 0 saturated carbocycles. The molecule has 0 atom stereocenters. The average molecular weight is 266 g/mol. The largest absolute Gasteiger partial charge is 0.861 e. The summed E-state index contributed by atoms with van der Waals surface area (Å²) in [6, 6.07) is 8.08. The quantitative estimate of drug-likeness (QED) is 0.358. The van der Waals surface area contributed by atoms with Crippen molar-refractivity contribution in [3.05, 3.63) is 41.6 Å². The maximum atomic E-state index is 11.0. The van der Waals surface area contributed by atoms with Crippen LogP contribution in [-0.2, 0) is 6.54 Å². The van der Waals surface area contributed by atoms with Crippen LogP contribution in [0.3, 0.4) is 0 Å². The summed E-state index contributed by atoms with van der Waals surface area (Å²) < 4.78 is 6.47. The first-order valence-electron chi connectivity index (χ1n) is 5.40. The van der Waals surface area contributed by atoms with Crippen molar-refractivity contribution in [2.45, 2.75) is 13.5 Å². The minimum absolute atomic E-state index is 0.160. The smallest absolute Gasteiger partial charge is 0.320 e. The third kappa shape index (κ3) is 3.30. The summed E-state index contributed by atoms with van der Waals surface area (Å²) in [6.45, 7) is 2.59. The fraction of sp³-hybridized carbons (Fsp3) is 0.250. The van der Waals surface area contributed by atoms with E-state index in [2.05, 4.69) is 10.3 Å². The molecule has 0 saturated heterocycles. The van der Waals surface area contributed by atoms with Crippen molar-refractivity contribution in [1.82, 2.24) is 5.27 Å². The standard InChI is InChI=1S/C12H12ClN3O2/c1-9-2-4-10(5-3-9)7-16-8-12(18-15-16)14-11(17)6-13/h2-5,8H,6-7H2,1H3. The Kier molecular flexibility index (Phi) is 3.94. The molecule has 0 aliphatic carbocycles. The zero-order valence-corrected chi connectivity index (χ0v) is 10.6. The molecule has 0 bridgehead atoms. The molecule has 1 aromatic heterocycles. The topological polar surface area (TPSA) is 65.3 Å². The highest BCUT2D eigenvalue weighted by Gasteiger charge is 2.11. The van der Waals surface area contributed by atoms with Gasteiger partial charge >= 0.3 is 5.88 Å². The molecule has 94 valence electrons. The maximum Gasteiger partial charge on any atom is 0.320 e. The number of alkyl halides is 1. The van der Waals surface area contributed by atoms with E-state index in [-0.39, 0.29) is 11.8 Å². The molecule has 6 heteroatoms. The number of aromatic nitrogens is 2. The summed E-state index contributed by atoms with van der Waals surface area (Å²) in [6.07, 6.45) is 1.56. The molecule has 5 nitrogen and oxygen atoms in total. The summed E-state index contributed by atoms with van der Waals surface area (Å²) in [4.78, 5) is 3.63. The number of halogens is 1. The predicted octanol–water partition coefficient (Wildman–Crippen LogP) is 0.948. The first-order valence-corrected chi connectivity index (χ1v) is 5.93. The van der Waals surface area contributed by atoms with Gasteiger partial charge in [-0.1, -0.05) is 29.8 Å². The summed E-state index contributed by atoms with van der Waals surface area (Å²) in [5, 5.41) is 14.8. The highest BCUT2D eigenvalue weighted by atomic mass is 35.5. The minimum atomic E-state index is -0.449. The second-order valence-electron chi connectivity index (χ2n) is 3.86. The van der Waals surface area contributed by atoms with E-state index >= 15 is 0 Å². The van der Waals surface area contributed by atoms with Crippen LogP contribution < -0.4 is 9.79 Å². The molecule has 0 aliphatic rings. The number of benzene rings is 1. The lowest BCUT2D eigenvalue weighted by Crippen LogP contribution is -2.35. The normalized spacial score (nSPS) is 11.8. The van der Waals surface area contributed by atoms with Crippen LogP contribution in [0, 0.1) is 6.92 Å². The van der Waals surface area contributed by atoms with E-state index in [1.807, 2.05) is 31.2 Å². The summed E-state index contributed by atoms with van der Waals surface area (Å²) in [5.74, 6) is -0.457. The van der Waals surface area contributed by atoms with Crippen molar-refractivity contribution in [2.75, 3.05) is 5.88 Å². The zero-order chi connectivity index (χ0) is 13.0. The highest BCUT2D eigenvalue weighted by Crippen LogP contribution is 2.07. The van der Waals surface area contributed by atoms with Gasteiger partial charge in [-0.3, -0.25) is 4.52 Å². The van der Waals surface area contributed by atoms with Crippen LogP contribution in [0.25, 0.3) is 0 Å². The second-order valence-corrected chi connectivity index (χ2v) is 4.13. The molecule has 0 N–H and O–H groups in total. The van der Waals surface area contributed by atoms with E-state index in [9.17, 15) is 5.11 Å². The number of hydrogen-bond acceptors (Lipinski definition) is 4. The van der Waals surface area contributed by atoms with Crippen molar-refractivity contribution in [3.63, 3.8) is 0 Å². The Morgan fingerprint density at radius 3 is 2.83 bits per heavy atom. The molecular formula is C12H12ClN3O2. The van der Waals surface area contributed by atoms with Crippen molar-refractivity contribution in [2.24, 2.45) is 4.99 Å². The SMILES string of the molecule is Cc1ccc(C[n+]2cc(/N=C(/[O-])CCl)on2)cc1. The first-order chi connectivity index (χ1) is 8.67. The molecule has 2 rings (SSSR count). The molecule has 1 aromatic carbocycles. The summed E-state index contributed by atoms with van der Waals surface area (Å²) >= 11 is 5.34. The molecular weight excluding hydrogens is 254 g/mol. The molecule has 0 fully saturated rings. The predicted molar refractivity (Wildman–Crippen MR) is 64.8 cm³/mol. The van der Waals surface area contributed by atoms with Gasteiger partial charge in [-0.05, 0) is 17.5 Å². The number of nitrogens with zero attached hydrogens (tertiary/aromatic N) is 3. The van der Waals surface area contributed by atoms with Crippen molar-refractivity contribution in [1.29, 1.82) is 0 Å². The molecule has 0 amide bonds. The van der Waals surface area contributed by atoms with E-state index in [0.29, 0.717) is 6.54 Å². The van der Waals surface area contributed by atoms with E-state index < -0.39 is 5.90 Å². The Balaban J connectivity index is 2.09. The molecule has 18 heavy (non-hydrogen) atoms. The van der Waals surface area contributed by atoms with Gasteiger partial charge in [-0.25, -0.2) is 4.99 Å². The van der Waals surface area contributed by atoms with Gasteiger partial charge in [0.15, 0.2) is 0 Å². The van der Waals surface area contributed by atoms with Crippen LogP contribution >= 0.6 is 11.6 Å². The second kappa shape index (κ2) is 5.64. The molecule has 1 heterocycles. The minimum Gasteiger partial charge on any atom is -0.861 e. The Morgan fingerprint density at radius 1 is 1.44 bits per heavy atom. The van der Waals surface area contributed by atoms with Gasteiger partial charge in [0.2, 0.25) is 11.8 Å². The van der Waals surface area contributed by atoms with Crippen LogP contribution in [0.15, 0.2) is 40.0 Å². The summed E-state index contributed by atoms with van der Waals surface area (Å²) in [7, 11) is 0. The van der Waals surface area contributed by atoms with Crippen LogP contribution in [0.1, 0.15) is 11.1 Å². The van der Waals surface area contributed by atoms with Gasteiger partial charge in [0.25, 0.3) is 6.20 Å². The highest BCUT2D eigenvalue weighted by molar-refractivity contribution is 6.26. The zero-order valence-electron chi connectivity index (χ0n) is 9.84. The third-order valence-electron chi connectivity index (χ3n) is 2.31. The van der Waals surface area contributed by atoms with Crippen molar-refractivity contribution < 1.29 is 14.3 Å². The van der Waals surface area contributed by atoms with Gasteiger partial charge < -0.3 is 5.11 Å². The lowest BCUT2D eigenvalue weighted by molar-refractivity contribution is -0.754. The Hall–Kier alpha value is -1.88. The fourth-order valence-corrected chi connectivity index (χ4v) is 1.49. The third-order valence-corrected chi connectivity index (χ3v) is 2.54. The molecule has 2 aromatic rings. The van der Waals surface area contributed by atoms with Crippen LogP contribution in [0.5, 0.6) is 0 Å². The van der Waals surface area contributed by atoms with Gasteiger partial charge in [0.1, 0.15) is 0 Å². The van der Waals surface area contributed by atoms with Crippen LogP contribution in [0.2, 0.25) is 0 Å². The van der Waals surface area contributed by atoms with E-state index in [1.54, 1.807) is 10.9 Å². The number of hydrogen-bond donors (Lipinski definition) is 0. The average Bonchev–Trinajstić information content (AvgIpc) is 2.79. The Labute approximate surface area is 109 Å². The Morgan fingerprint density at radius 2 is 2.17 bits per heavy atom. The Bertz CT molecular complexity index is 549. The number of aryl methyl sites for hydroxylation is 1. The van der Waals surface area contributed by atoms with Gasteiger partial charge in [-0.2, -0.15) is 0 Å². The lowest BCUT2D eigenvalue weighted by atomic mass is 10.1. The van der Waals surface area contributed by atoms with Gasteiger partial charge in [-0.15, -0.1) is 11.6 Å². The van der Waals surface area contributed by atoms with Crippen LogP contribution in [0.4, 0.5) is 5.88 Å². The van der Waals surface area contributed by atoms with Gasteiger partial charge in [0, 0.05) is 5.56 Å². The summed E-state index contributed by atoms with van der Waals surface area (Å²) in [5.41, 5.74) is 2.29. The fourth-order valence-electron chi connectivity index (χ4n) is 1.43. The maximum absolute atomic E-state index is 11.0. The first kappa shape index (κ1) is 12.6. The monoisotopic (exact) mass is 265 g/mol. The van der Waals surface area contributed by atoms with E-state index in [4.69, 9.17) is 16.1 Å². The molecule has 0 unspecified atom stereocenters. The lowest BCUT2D eigenvalue weighted by Gasteiger charge is -2.00. The van der Waals surface area contributed by atoms with Crippen molar-refractivity contribution >= 4 is 23.4 Å². The number of aliphatic imine (C=N–C) groups is 1. The van der Waals surface area contributed by atoms with E-state index in [1.165, 1.54) is 5.56 Å². The van der Waals surface area contributed by atoms with E-state index in [0.717, 1.165) is 5.56 Å². The molecule has 0 aliphatic heterocycles. The van der Waals surface area contributed by atoms with Crippen molar-refractivity contribution in [3.8, 4) is 0 Å². The van der Waals surface area contributed by atoms with Crippen LogP contribution in [-0.4, -0.2) is 17.0 Å². The number of rotatable bonds is 4. The molecule has 0 spiro atoms. The van der Waals surface area contributed by atoms with Gasteiger partial charge in [0.05, 0.1) is 5.88 Å². The molecule has 0 radical (unpaired) electrons.